The van der Waals surface area contributed by atoms with Crippen molar-refractivity contribution in [3.8, 4) is 0 Å². The van der Waals surface area contributed by atoms with E-state index in [1.165, 1.54) is 0 Å². The highest BCUT2D eigenvalue weighted by Crippen LogP contribution is 2.20. The maximum atomic E-state index is 9.30. The molecule has 1 N–H and O–H groups in total. The van der Waals surface area contributed by atoms with Crippen molar-refractivity contribution in [1.29, 1.82) is 0 Å². The molecule has 0 saturated carbocycles. The van der Waals surface area contributed by atoms with Gasteiger partial charge in [-0.05, 0) is 30.5 Å². The maximum Gasteiger partial charge on any atom is 0.0691 e. The van der Waals surface area contributed by atoms with E-state index in [-0.39, 0.29) is 6.10 Å². The standard InChI is InChI=1S/C11H12ClNO/c1-8(14)7-13-5-4-9-2-3-10(12)6-11(9)13/h2-6,8,14H,7H2,1H3/t8-/m0/s1. The smallest absolute Gasteiger partial charge is 0.0691 e. The Kier molecular flexibility index (Phi) is 2.48. The highest BCUT2D eigenvalue weighted by molar-refractivity contribution is 6.31. The first-order chi connectivity index (χ1) is 6.66. The number of rotatable bonds is 2. The van der Waals surface area contributed by atoms with Crippen molar-refractivity contribution < 1.29 is 5.11 Å². The summed E-state index contributed by atoms with van der Waals surface area (Å²) in [6.45, 7) is 2.38. The zero-order valence-electron chi connectivity index (χ0n) is 7.94. The minimum absolute atomic E-state index is 0.343. The highest BCUT2D eigenvalue weighted by atomic mass is 35.5. The molecule has 2 aromatic rings. The van der Waals surface area contributed by atoms with E-state index >= 15 is 0 Å². The molecule has 0 amide bonds. The number of fused-ring (bicyclic) bond motifs is 1. The summed E-state index contributed by atoms with van der Waals surface area (Å²) in [4.78, 5) is 0. The molecule has 2 rings (SSSR count). The summed E-state index contributed by atoms with van der Waals surface area (Å²) in [6, 6.07) is 7.79. The lowest BCUT2D eigenvalue weighted by atomic mass is 10.2. The Morgan fingerprint density at radius 1 is 1.43 bits per heavy atom. The van der Waals surface area contributed by atoms with E-state index < -0.39 is 0 Å². The van der Waals surface area contributed by atoms with Gasteiger partial charge in [-0.3, -0.25) is 0 Å². The van der Waals surface area contributed by atoms with Gasteiger partial charge in [0, 0.05) is 23.3 Å². The zero-order chi connectivity index (χ0) is 10.1. The number of benzene rings is 1. The molecule has 0 aliphatic heterocycles. The fourth-order valence-electron chi connectivity index (χ4n) is 1.60. The maximum absolute atomic E-state index is 9.30. The minimum atomic E-state index is -0.343. The summed E-state index contributed by atoms with van der Waals surface area (Å²) < 4.78 is 2.01. The van der Waals surface area contributed by atoms with E-state index in [9.17, 15) is 5.11 Å². The van der Waals surface area contributed by atoms with Crippen molar-refractivity contribution in [2.45, 2.75) is 19.6 Å². The van der Waals surface area contributed by atoms with Crippen molar-refractivity contribution in [3.05, 3.63) is 35.5 Å². The van der Waals surface area contributed by atoms with E-state index in [2.05, 4.69) is 0 Å². The quantitative estimate of drug-likeness (QED) is 0.809. The topological polar surface area (TPSA) is 25.2 Å². The van der Waals surface area contributed by atoms with E-state index in [0.29, 0.717) is 6.54 Å². The van der Waals surface area contributed by atoms with Crippen LogP contribution in [-0.4, -0.2) is 15.8 Å². The number of aliphatic hydroxyl groups is 1. The lowest BCUT2D eigenvalue weighted by molar-refractivity contribution is 0.175. The summed E-state index contributed by atoms with van der Waals surface area (Å²) in [5, 5.41) is 11.2. The second-order valence-electron chi connectivity index (χ2n) is 3.52. The van der Waals surface area contributed by atoms with Crippen LogP contribution in [0, 0.1) is 0 Å². The molecule has 0 radical (unpaired) electrons. The van der Waals surface area contributed by atoms with Crippen LogP contribution in [0.15, 0.2) is 30.5 Å². The van der Waals surface area contributed by atoms with Crippen LogP contribution in [0.2, 0.25) is 5.02 Å². The van der Waals surface area contributed by atoms with Gasteiger partial charge in [-0.25, -0.2) is 0 Å². The van der Waals surface area contributed by atoms with Gasteiger partial charge in [0.2, 0.25) is 0 Å². The lowest BCUT2D eigenvalue weighted by Gasteiger charge is -2.07. The molecule has 74 valence electrons. The molecule has 1 aromatic heterocycles. The van der Waals surface area contributed by atoms with Crippen molar-refractivity contribution >= 4 is 22.5 Å². The molecule has 0 saturated heterocycles. The molecule has 0 spiro atoms. The Morgan fingerprint density at radius 3 is 2.93 bits per heavy atom. The van der Waals surface area contributed by atoms with Crippen molar-refractivity contribution in [3.63, 3.8) is 0 Å². The molecule has 0 aliphatic carbocycles. The molecule has 1 atom stereocenters. The molecule has 0 unspecified atom stereocenters. The van der Waals surface area contributed by atoms with Crippen LogP contribution in [0.3, 0.4) is 0 Å². The van der Waals surface area contributed by atoms with Crippen LogP contribution >= 0.6 is 11.6 Å². The highest BCUT2D eigenvalue weighted by Gasteiger charge is 2.03. The van der Waals surface area contributed by atoms with E-state index in [1.54, 1.807) is 6.92 Å². The normalized spacial score (nSPS) is 13.4. The molecule has 3 heteroatoms. The van der Waals surface area contributed by atoms with Crippen molar-refractivity contribution in [2.24, 2.45) is 0 Å². The van der Waals surface area contributed by atoms with Crippen LogP contribution in [0.5, 0.6) is 0 Å². The molecule has 1 heterocycles. The Hall–Kier alpha value is -0.990. The number of hydrogen-bond acceptors (Lipinski definition) is 1. The zero-order valence-corrected chi connectivity index (χ0v) is 8.70. The molecule has 1 aromatic carbocycles. The first-order valence-electron chi connectivity index (χ1n) is 4.59. The summed E-state index contributed by atoms with van der Waals surface area (Å²) in [5.41, 5.74) is 1.07. The van der Waals surface area contributed by atoms with Gasteiger partial charge in [0.05, 0.1) is 6.10 Å². The van der Waals surface area contributed by atoms with Crippen molar-refractivity contribution in [2.75, 3.05) is 0 Å². The van der Waals surface area contributed by atoms with Gasteiger partial charge >= 0.3 is 0 Å². The van der Waals surface area contributed by atoms with E-state index in [4.69, 9.17) is 11.6 Å². The SMILES string of the molecule is C[C@H](O)Cn1ccc2ccc(Cl)cc21. The van der Waals surface area contributed by atoms with Gasteiger partial charge in [0.1, 0.15) is 0 Å². The molecular formula is C11H12ClNO. The summed E-state index contributed by atoms with van der Waals surface area (Å²) >= 11 is 5.91. The molecule has 0 bridgehead atoms. The average molecular weight is 210 g/mol. The van der Waals surface area contributed by atoms with E-state index in [0.717, 1.165) is 15.9 Å². The van der Waals surface area contributed by atoms with Gasteiger partial charge in [-0.1, -0.05) is 17.7 Å². The Bertz CT molecular complexity index is 447. The second kappa shape index (κ2) is 3.64. The number of nitrogens with zero attached hydrogens (tertiary/aromatic N) is 1. The lowest BCUT2D eigenvalue weighted by Crippen LogP contribution is -2.10. The number of halogens is 1. The molecule has 14 heavy (non-hydrogen) atoms. The minimum Gasteiger partial charge on any atom is -0.392 e. The van der Waals surface area contributed by atoms with Gasteiger partial charge in [0.15, 0.2) is 0 Å². The Labute approximate surface area is 87.7 Å². The monoisotopic (exact) mass is 209 g/mol. The van der Waals surface area contributed by atoms with Gasteiger partial charge in [-0.15, -0.1) is 0 Å². The van der Waals surface area contributed by atoms with Crippen LogP contribution < -0.4 is 0 Å². The number of aliphatic hydroxyl groups excluding tert-OH is 1. The second-order valence-corrected chi connectivity index (χ2v) is 3.96. The fraction of sp³-hybridized carbons (Fsp3) is 0.273. The third-order valence-corrected chi connectivity index (χ3v) is 2.43. The Balaban J connectivity index is 2.50. The number of hydrogen-bond donors (Lipinski definition) is 1. The van der Waals surface area contributed by atoms with Gasteiger partial charge in [0.25, 0.3) is 0 Å². The fourth-order valence-corrected chi connectivity index (χ4v) is 1.77. The summed E-state index contributed by atoms with van der Waals surface area (Å²) in [7, 11) is 0. The number of aromatic nitrogens is 1. The average Bonchev–Trinajstić information content (AvgIpc) is 2.47. The van der Waals surface area contributed by atoms with Gasteiger partial charge < -0.3 is 9.67 Å². The molecule has 0 fully saturated rings. The van der Waals surface area contributed by atoms with Crippen LogP contribution in [0.1, 0.15) is 6.92 Å². The van der Waals surface area contributed by atoms with Crippen LogP contribution in [0.4, 0.5) is 0 Å². The molecular weight excluding hydrogens is 198 g/mol. The first-order valence-corrected chi connectivity index (χ1v) is 4.97. The largest absolute Gasteiger partial charge is 0.392 e. The van der Waals surface area contributed by atoms with Crippen LogP contribution in [0.25, 0.3) is 10.9 Å². The van der Waals surface area contributed by atoms with Crippen LogP contribution in [-0.2, 0) is 6.54 Å². The summed E-state index contributed by atoms with van der Waals surface area (Å²) in [6.07, 6.45) is 1.62. The van der Waals surface area contributed by atoms with Gasteiger partial charge in [-0.2, -0.15) is 0 Å². The predicted octanol–water partition coefficient (Wildman–Crippen LogP) is 2.68. The third-order valence-electron chi connectivity index (χ3n) is 2.20. The third kappa shape index (κ3) is 1.76. The molecule has 0 aliphatic rings. The van der Waals surface area contributed by atoms with E-state index in [1.807, 2.05) is 35.0 Å². The first kappa shape index (κ1) is 9.56. The Morgan fingerprint density at radius 2 is 2.21 bits per heavy atom. The molecule has 2 nitrogen and oxygen atoms in total. The van der Waals surface area contributed by atoms with Crippen molar-refractivity contribution in [1.82, 2.24) is 4.57 Å². The predicted molar refractivity (Wildman–Crippen MR) is 58.6 cm³/mol. The summed E-state index contributed by atoms with van der Waals surface area (Å²) in [5.74, 6) is 0.